The average Bonchev–Trinajstić information content (AvgIpc) is 2.61. The summed E-state index contributed by atoms with van der Waals surface area (Å²) < 4.78 is 0. The lowest BCUT2D eigenvalue weighted by Crippen LogP contribution is -2.38. The smallest absolute Gasteiger partial charge is 0.325 e. The topological polar surface area (TPSA) is 78.5 Å². The van der Waals surface area contributed by atoms with Crippen molar-refractivity contribution in [2.24, 2.45) is 0 Å². The summed E-state index contributed by atoms with van der Waals surface area (Å²) in [6.45, 7) is -0.375. The number of imide groups is 1. The van der Waals surface area contributed by atoms with Crippen LogP contribution in [0.25, 0.3) is 0 Å². The van der Waals surface area contributed by atoms with Gasteiger partial charge in [0.15, 0.2) is 0 Å². The van der Waals surface area contributed by atoms with Crippen LogP contribution in [0.4, 0.5) is 10.5 Å². The van der Waals surface area contributed by atoms with Crippen LogP contribution in [0.15, 0.2) is 24.3 Å². The Morgan fingerprint density at radius 2 is 2.22 bits per heavy atom. The lowest BCUT2D eigenvalue weighted by atomic mass is 10.3. The Morgan fingerprint density at radius 3 is 2.83 bits per heavy atom. The second-order valence-electron chi connectivity index (χ2n) is 3.70. The third kappa shape index (κ3) is 2.78. The molecule has 7 heteroatoms. The number of nitrogens with zero attached hydrogens (tertiary/aromatic N) is 1. The minimum atomic E-state index is -0.554. The number of hydrogen-bond acceptors (Lipinski definition) is 3. The van der Waals surface area contributed by atoms with E-state index in [9.17, 15) is 14.4 Å². The zero-order chi connectivity index (χ0) is 13.1. The van der Waals surface area contributed by atoms with Crippen LogP contribution in [0, 0.1) is 0 Å². The molecule has 1 heterocycles. The van der Waals surface area contributed by atoms with Gasteiger partial charge in [-0.05, 0) is 18.2 Å². The molecule has 1 aliphatic rings. The number of halogens is 1. The predicted octanol–water partition coefficient (Wildman–Crippen LogP) is 0.830. The number of anilines is 1. The molecule has 0 atom stereocenters. The number of amides is 4. The van der Waals surface area contributed by atoms with Crippen molar-refractivity contribution < 1.29 is 14.4 Å². The maximum atomic E-state index is 11.6. The first-order chi connectivity index (χ1) is 8.56. The molecule has 0 bridgehead atoms. The van der Waals surface area contributed by atoms with E-state index in [2.05, 4.69) is 10.6 Å². The van der Waals surface area contributed by atoms with Gasteiger partial charge in [-0.3, -0.25) is 14.5 Å². The van der Waals surface area contributed by atoms with Crippen molar-refractivity contribution in [1.29, 1.82) is 0 Å². The van der Waals surface area contributed by atoms with Crippen LogP contribution in [0.5, 0.6) is 0 Å². The minimum Gasteiger partial charge on any atom is -0.329 e. The van der Waals surface area contributed by atoms with E-state index in [1.165, 1.54) is 0 Å². The van der Waals surface area contributed by atoms with Crippen molar-refractivity contribution >= 4 is 35.1 Å². The van der Waals surface area contributed by atoms with E-state index in [0.29, 0.717) is 10.7 Å². The van der Waals surface area contributed by atoms with Gasteiger partial charge in [-0.2, -0.15) is 0 Å². The van der Waals surface area contributed by atoms with E-state index in [1.54, 1.807) is 24.3 Å². The number of nitrogens with one attached hydrogen (secondary N) is 2. The molecule has 1 aliphatic heterocycles. The van der Waals surface area contributed by atoms with Crippen molar-refractivity contribution in [3.05, 3.63) is 29.3 Å². The van der Waals surface area contributed by atoms with E-state index >= 15 is 0 Å². The Balaban J connectivity index is 1.97. The summed E-state index contributed by atoms with van der Waals surface area (Å²) in [5.74, 6) is -0.871. The molecule has 1 aromatic carbocycles. The standard InChI is InChI=1S/C11H10ClN3O3/c12-7-2-1-3-8(4-7)14-9(16)6-15-10(17)5-13-11(15)18/h1-4H,5-6H2,(H,13,18)(H,14,16). The third-order valence-electron chi connectivity index (χ3n) is 2.35. The quantitative estimate of drug-likeness (QED) is 0.796. The molecule has 18 heavy (non-hydrogen) atoms. The summed E-state index contributed by atoms with van der Waals surface area (Å²) in [6, 6.07) is 6.04. The molecule has 94 valence electrons. The van der Waals surface area contributed by atoms with Crippen molar-refractivity contribution in [3.8, 4) is 0 Å². The zero-order valence-corrected chi connectivity index (χ0v) is 10.0. The highest BCUT2D eigenvalue weighted by molar-refractivity contribution is 6.30. The Bertz CT molecular complexity index is 502. The third-order valence-corrected chi connectivity index (χ3v) is 2.58. The molecule has 4 amide bonds. The summed E-state index contributed by atoms with van der Waals surface area (Å²) >= 11 is 5.76. The van der Waals surface area contributed by atoms with Crippen molar-refractivity contribution in [1.82, 2.24) is 10.2 Å². The minimum absolute atomic E-state index is 0.0662. The number of urea groups is 1. The van der Waals surface area contributed by atoms with Crippen LogP contribution in [-0.2, 0) is 9.59 Å². The highest BCUT2D eigenvalue weighted by Crippen LogP contribution is 2.14. The predicted molar refractivity (Wildman–Crippen MR) is 65.2 cm³/mol. The first kappa shape index (κ1) is 12.4. The van der Waals surface area contributed by atoms with Gasteiger partial charge in [0.1, 0.15) is 6.54 Å². The molecule has 2 N–H and O–H groups in total. The van der Waals surface area contributed by atoms with Crippen molar-refractivity contribution in [3.63, 3.8) is 0 Å². The van der Waals surface area contributed by atoms with Crippen LogP contribution >= 0.6 is 11.6 Å². The summed E-state index contributed by atoms with van der Waals surface area (Å²) in [5.41, 5.74) is 0.513. The Hall–Kier alpha value is -2.08. The van der Waals surface area contributed by atoms with Gasteiger partial charge < -0.3 is 10.6 Å². The van der Waals surface area contributed by atoms with Gasteiger partial charge in [0.2, 0.25) is 5.91 Å². The fraction of sp³-hybridized carbons (Fsp3) is 0.182. The van der Waals surface area contributed by atoms with Gasteiger partial charge in [0, 0.05) is 10.7 Å². The maximum Gasteiger partial charge on any atom is 0.325 e. The number of carbonyl (C=O) groups excluding carboxylic acids is 3. The van der Waals surface area contributed by atoms with E-state index < -0.39 is 17.8 Å². The molecule has 1 saturated heterocycles. The van der Waals surface area contributed by atoms with E-state index in [-0.39, 0.29) is 13.1 Å². The van der Waals surface area contributed by atoms with Crippen molar-refractivity contribution in [2.75, 3.05) is 18.4 Å². The molecule has 0 aromatic heterocycles. The first-order valence-electron chi connectivity index (χ1n) is 5.20. The molecule has 0 spiro atoms. The van der Waals surface area contributed by atoms with Gasteiger partial charge in [-0.25, -0.2) is 4.79 Å². The van der Waals surface area contributed by atoms with Crippen LogP contribution < -0.4 is 10.6 Å². The van der Waals surface area contributed by atoms with Crippen LogP contribution in [0.3, 0.4) is 0 Å². The molecular formula is C11H10ClN3O3. The zero-order valence-electron chi connectivity index (χ0n) is 9.27. The van der Waals surface area contributed by atoms with E-state index in [1.807, 2.05) is 0 Å². The number of carbonyl (C=O) groups is 3. The molecule has 1 fully saturated rings. The summed E-state index contributed by atoms with van der Waals surface area (Å²) in [7, 11) is 0. The van der Waals surface area contributed by atoms with Gasteiger partial charge in [0.05, 0.1) is 6.54 Å². The van der Waals surface area contributed by atoms with E-state index in [0.717, 1.165) is 4.90 Å². The summed E-state index contributed by atoms with van der Waals surface area (Å²) in [4.78, 5) is 35.0. The van der Waals surface area contributed by atoms with Gasteiger partial charge in [-0.15, -0.1) is 0 Å². The van der Waals surface area contributed by atoms with Crippen LogP contribution in [-0.4, -0.2) is 35.8 Å². The molecule has 1 aromatic rings. The first-order valence-corrected chi connectivity index (χ1v) is 5.57. The molecule has 6 nitrogen and oxygen atoms in total. The molecule has 2 rings (SSSR count). The van der Waals surface area contributed by atoms with Crippen molar-refractivity contribution in [2.45, 2.75) is 0 Å². The highest BCUT2D eigenvalue weighted by atomic mass is 35.5. The van der Waals surface area contributed by atoms with Crippen LogP contribution in [0.2, 0.25) is 5.02 Å². The highest BCUT2D eigenvalue weighted by Gasteiger charge is 2.30. The number of benzene rings is 1. The molecule has 0 saturated carbocycles. The lowest BCUT2D eigenvalue weighted by Gasteiger charge is -2.12. The normalized spacial score (nSPS) is 14.6. The summed E-state index contributed by atoms with van der Waals surface area (Å²) in [5, 5.41) is 5.38. The molecule has 0 aliphatic carbocycles. The van der Waals surface area contributed by atoms with Gasteiger partial charge >= 0.3 is 6.03 Å². The second-order valence-corrected chi connectivity index (χ2v) is 4.13. The molecule has 0 unspecified atom stereocenters. The Morgan fingerprint density at radius 1 is 1.44 bits per heavy atom. The maximum absolute atomic E-state index is 11.6. The Labute approximate surface area is 108 Å². The SMILES string of the molecule is O=C(CN1C(=O)CNC1=O)Nc1cccc(Cl)c1. The lowest BCUT2D eigenvalue weighted by molar-refractivity contribution is -0.128. The van der Waals surface area contributed by atoms with E-state index in [4.69, 9.17) is 11.6 Å². The average molecular weight is 268 g/mol. The second kappa shape index (κ2) is 5.05. The monoisotopic (exact) mass is 267 g/mol. The van der Waals surface area contributed by atoms with Gasteiger partial charge in [-0.1, -0.05) is 17.7 Å². The fourth-order valence-corrected chi connectivity index (χ4v) is 1.72. The largest absolute Gasteiger partial charge is 0.329 e. The van der Waals surface area contributed by atoms with Crippen LogP contribution in [0.1, 0.15) is 0 Å². The number of rotatable bonds is 3. The Kier molecular flexibility index (Phi) is 3.47. The number of hydrogen-bond donors (Lipinski definition) is 2. The molecule has 0 radical (unpaired) electrons. The van der Waals surface area contributed by atoms with Gasteiger partial charge in [0.25, 0.3) is 5.91 Å². The molecular weight excluding hydrogens is 258 g/mol. The summed E-state index contributed by atoms with van der Waals surface area (Å²) in [6.07, 6.45) is 0. The fourth-order valence-electron chi connectivity index (χ4n) is 1.53.